The van der Waals surface area contributed by atoms with E-state index in [-0.39, 0.29) is 9.52 Å². The smallest absolute Gasteiger partial charge is 0.161 e. The van der Waals surface area contributed by atoms with Crippen LogP contribution in [0.3, 0.4) is 0 Å². The van der Waals surface area contributed by atoms with E-state index in [0.29, 0.717) is 22.7 Å². The molecule has 1 aromatic rings. The Bertz CT molecular complexity index is 499. The monoisotopic (exact) mass is 294 g/mol. The zero-order valence-electron chi connectivity index (χ0n) is 12.0. The minimum Gasteiger partial charge on any atom is -0.498 e. The molecule has 2 radical (unpaired) electrons. The molecule has 0 spiro atoms. The summed E-state index contributed by atoms with van der Waals surface area (Å²) in [4.78, 5) is 0. The highest BCUT2D eigenvalue weighted by molar-refractivity contribution is 6.54. The van der Waals surface area contributed by atoms with Crippen LogP contribution in [0.5, 0.6) is 0 Å². The number of rotatable bonds is 5. The molecule has 1 atom stereocenters. The molecule has 0 saturated carbocycles. The molecule has 1 aliphatic heterocycles. The zero-order valence-corrected chi connectivity index (χ0v) is 13.0. The molecule has 1 unspecified atom stereocenters. The lowest BCUT2D eigenvalue weighted by molar-refractivity contribution is 0.143. The fourth-order valence-electron chi connectivity index (χ4n) is 2.35. The summed E-state index contributed by atoms with van der Waals surface area (Å²) >= 11 is 0. The van der Waals surface area contributed by atoms with Gasteiger partial charge in [-0.25, -0.2) is 8.78 Å². The summed E-state index contributed by atoms with van der Waals surface area (Å²) < 4.78 is 32.9. The second-order valence-electron chi connectivity index (χ2n) is 5.28. The molecule has 2 rings (SSSR count). The summed E-state index contributed by atoms with van der Waals surface area (Å²) in [5.41, 5.74) is 0.353. The number of benzene rings is 1. The third kappa shape index (κ3) is 3.69. The normalized spacial score (nSPS) is 18.6. The minimum atomic E-state index is -0.725. The summed E-state index contributed by atoms with van der Waals surface area (Å²) in [6.07, 6.45) is 5.51. The molecule has 0 aliphatic carbocycles. The molecule has 0 bridgehead atoms. The topological polar surface area (TPSA) is 9.23 Å². The molecule has 20 heavy (non-hydrogen) atoms. The largest absolute Gasteiger partial charge is 0.498 e. The average Bonchev–Trinajstić information content (AvgIpc) is 2.46. The van der Waals surface area contributed by atoms with Crippen LogP contribution in [0, 0.1) is 24.5 Å². The Morgan fingerprint density at radius 2 is 2.10 bits per heavy atom. The lowest BCUT2D eigenvalue weighted by atomic mass is 9.99. The predicted octanol–water partition coefficient (Wildman–Crippen LogP) is 3.74. The van der Waals surface area contributed by atoms with E-state index in [4.69, 9.17) is 4.74 Å². The molecule has 1 heterocycles. The minimum absolute atomic E-state index is 0.212. The van der Waals surface area contributed by atoms with Crippen LogP contribution in [-0.2, 0) is 4.74 Å². The molecule has 0 amide bonds. The molecular weight excluding hydrogens is 274 g/mol. The number of allylic oxidation sites excluding steroid dienone is 2. The van der Waals surface area contributed by atoms with Crippen LogP contribution < -0.4 is 5.19 Å². The van der Waals surface area contributed by atoms with Crippen molar-refractivity contribution in [1.29, 1.82) is 0 Å². The molecule has 0 N–H and O–H groups in total. The van der Waals surface area contributed by atoms with Crippen LogP contribution in [0.15, 0.2) is 24.0 Å². The second kappa shape index (κ2) is 7.02. The van der Waals surface area contributed by atoms with Crippen molar-refractivity contribution in [3.8, 4) is 0 Å². The Morgan fingerprint density at radius 3 is 2.75 bits per heavy atom. The third-order valence-electron chi connectivity index (χ3n) is 3.61. The van der Waals surface area contributed by atoms with Crippen molar-refractivity contribution < 1.29 is 13.5 Å². The highest BCUT2D eigenvalue weighted by Gasteiger charge is 2.16. The van der Waals surface area contributed by atoms with Gasteiger partial charge >= 0.3 is 0 Å². The fourth-order valence-corrected chi connectivity index (χ4v) is 3.42. The fraction of sp³-hybridized carbons (Fsp3) is 0.500. The maximum Gasteiger partial charge on any atom is 0.161 e. The van der Waals surface area contributed by atoms with Crippen LogP contribution in [0.25, 0.3) is 0 Å². The summed E-state index contributed by atoms with van der Waals surface area (Å²) in [6.45, 7) is 4.51. The molecule has 0 fully saturated rings. The Hall–Kier alpha value is -1.16. The first-order valence-electron chi connectivity index (χ1n) is 7.12. The van der Waals surface area contributed by atoms with Crippen molar-refractivity contribution in [2.75, 3.05) is 6.61 Å². The van der Waals surface area contributed by atoms with Crippen molar-refractivity contribution in [2.45, 2.75) is 39.2 Å². The first kappa shape index (κ1) is 15.2. The van der Waals surface area contributed by atoms with Crippen LogP contribution in [0.4, 0.5) is 8.78 Å². The van der Waals surface area contributed by atoms with E-state index >= 15 is 0 Å². The molecule has 4 heteroatoms. The Kier molecular flexibility index (Phi) is 5.35. The molecule has 0 aromatic heterocycles. The summed E-state index contributed by atoms with van der Waals surface area (Å²) in [5.74, 6) is 0.108. The number of hydrogen-bond donors (Lipinski definition) is 0. The SMILES string of the molecule is CCCC1CC=C(C[Si]c2ccc(C)c(F)c2F)OC1. The van der Waals surface area contributed by atoms with Crippen molar-refractivity contribution in [3.63, 3.8) is 0 Å². The molecule has 1 aliphatic rings. The van der Waals surface area contributed by atoms with Crippen LogP contribution in [0.1, 0.15) is 31.7 Å². The Balaban J connectivity index is 1.92. The van der Waals surface area contributed by atoms with Crippen molar-refractivity contribution in [2.24, 2.45) is 5.92 Å². The van der Waals surface area contributed by atoms with Gasteiger partial charge in [-0.05, 0) is 42.5 Å². The molecule has 1 nitrogen and oxygen atoms in total. The highest BCUT2D eigenvalue weighted by atomic mass is 28.2. The van der Waals surface area contributed by atoms with Gasteiger partial charge in [0.25, 0.3) is 0 Å². The maximum atomic E-state index is 13.8. The Morgan fingerprint density at radius 1 is 1.30 bits per heavy atom. The first-order valence-corrected chi connectivity index (χ1v) is 8.32. The second-order valence-corrected chi connectivity index (χ2v) is 6.53. The van der Waals surface area contributed by atoms with Gasteiger partial charge in [-0.1, -0.05) is 25.5 Å². The molecular formula is C16H20F2OSi. The summed E-state index contributed by atoms with van der Waals surface area (Å²) in [5, 5.41) is 0.452. The number of aryl methyl sites for hydroxylation is 1. The lowest BCUT2D eigenvalue weighted by Gasteiger charge is -2.22. The van der Waals surface area contributed by atoms with E-state index in [1.54, 1.807) is 19.1 Å². The van der Waals surface area contributed by atoms with Gasteiger partial charge in [0.1, 0.15) is 0 Å². The van der Waals surface area contributed by atoms with E-state index in [9.17, 15) is 8.78 Å². The lowest BCUT2D eigenvalue weighted by Crippen LogP contribution is -2.22. The van der Waals surface area contributed by atoms with Gasteiger partial charge in [-0.3, -0.25) is 0 Å². The van der Waals surface area contributed by atoms with E-state index < -0.39 is 11.6 Å². The number of hydrogen-bond acceptors (Lipinski definition) is 1. The summed E-state index contributed by atoms with van der Waals surface area (Å²) in [7, 11) is 0.212. The van der Waals surface area contributed by atoms with E-state index in [1.165, 1.54) is 12.8 Å². The van der Waals surface area contributed by atoms with Gasteiger partial charge in [-0.2, -0.15) is 0 Å². The molecule has 1 aromatic carbocycles. The maximum absolute atomic E-state index is 13.8. The van der Waals surface area contributed by atoms with E-state index in [2.05, 4.69) is 13.0 Å². The average molecular weight is 294 g/mol. The number of halogens is 2. The highest BCUT2D eigenvalue weighted by Crippen LogP contribution is 2.22. The van der Waals surface area contributed by atoms with E-state index in [0.717, 1.165) is 18.8 Å². The third-order valence-corrected chi connectivity index (χ3v) is 4.90. The van der Waals surface area contributed by atoms with Crippen LogP contribution in [0.2, 0.25) is 6.04 Å². The van der Waals surface area contributed by atoms with E-state index in [1.807, 2.05) is 0 Å². The van der Waals surface area contributed by atoms with Gasteiger partial charge in [0.2, 0.25) is 0 Å². The predicted molar refractivity (Wildman–Crippen MR) is 78.3 cm³/mol. The van der Waals surface area contributed by atoms with Crippen molar-refractivity contribution in [3.05, 3.63) is 41.2 Å². The molecule has 108 valence electrons. The van der Waals surface area contributed by atoms with Crippen LogP contribution >= 0.6 is 0 Å². The van der Waals surface area contributed by atoms with Crippen molar-refractivity contribution >= 4 is 14.7 Å². The standard InChI is InChI=1S/C16H20F2OSi/c1-3-4-12-6-7-13(19-9-12)10-20-14-8-5-11(2)15(17)16(14)18/h5,7-8,12H,3-4,6,9-10H2,1-2H3. The van der Waals surface area contributed by atoms with Gasteiger partial charge in [0.15, 0.2) is 11.6 Å². The Labute approximate surface area is 121 Å². The quantitative estimate of drug-likeness (QED) is 0.752. The summed E-state index contributed by atoms with van der Waals surface area (Å²) in [6, 6.07) is 3.97. The van der Waals surface area contributed by atoms with Crippen LogP contribution in [-0.4, -0.2) is 16.1 Å². The zero-order chi connectivity index (χ0) is 14.5. The van der Waals surface area contributed by atoms with Gasteiger partial charge in [0, 0.05) is 6.04 Å². The van der Waals surface area contributed by atoms with Gasteiger partial charge in [-0.15, -0.1) is 0 Å². The number of ether oxygens (including phenoxy) is 1. The molecule has 0 saturated heterocycles. The van der Waals surface area contributed by atoms with Gasteiger partial charge in [0.05, 0.1) is 21.9 Å². The van der Waals surface area contributed by atoms with Crippen molar-refractivity contribution in [1.82, 2.24) is 0 Å². The van der Waals surface area contributed by atoms with Gasteiger partial charge < -0.3 is 4.74 Å². The first-order chi connectivity index (χ1) is 9.61.